The molecular weight excluding hydrogens is 340 g/mol. The molecule has 3 rings (SSSR count). The van der Waals surface area contributed by atoms with Gasteiger partial charge in [0, 0.05) is 43.9 Å². The van der Waals surface area contributed by atoms with Gasteiger partial charge in [0.1, 0.15) is 0 Å². The maximum atomic E-state index is 12.7. The number of urea groups is 1. The SMILES string of the molecule is Cc1ncsc1CCNC(=O)C[C@@H]1COCCN1C(=O)N1CCCC1. The van der Waals surface area contributed by atoms with E-state index in [0.717, 1.165) is 38.0 Å². The number of nitrogens with zero attached hydrogens (tertiary/aromatic N) is 3. The summed E-state index contributed by atoms with van der Waals surface area (Å²) in [6, 6.07) is -0.120. The molecule has 7 nitrogen and oxygen atoms in total. The number of carbonyl (C=O) groups excluding carboxylic acids is 2. The summed E-state index contributed by atoms with van der Waals surface area (Å²) in [7, 11) is 0. The monoisotopic (exact) mass is 366 g/mol. The standard InChI is InChI=1S/C17H26N4O3S/c1-13-15(25-12-19-13)4-5-18-16(22)10-14-11-24-9-8-21(14)17(23)20-6-2-3-7-20/h12,14H,2-11H2,1H3,(H,18,22)/t14-/m1/s1. The number of aryl methyl sites for hydroxylation is 1. The molecule has 2 aliphatic heterocycles. The van der Waals surface area contributed by atoms with E-state index in [2.05, 4.69) is 10.3 Å². The van der Waals surface area contributed by atoms with Crippen LogP contribution in [0.5, 0.6) is 0 Å². The van der Waals surface area contributed by atoms with Gasteiger partial charge in [0.2, 0.25) is 5.91 Å². The molecule has 0 aromatic carbocycles. The van der Waals surface area contributed by atoms with E-state index in [4.69, 9.17) is 4.74 Å². The van der Waals surface area contributed by atoms with Gasteiger partial charge in [0.15, 0.2) is 0 Å². The first-order valence-corrected chi connectivity index (χ1v) is 9.82. The lowest BCUT2D eigenvalue weighted by molar-refractivity contribution is -0.123. The molecule has 1 N–H and O–H groups in total. The molecule has 2 aliphatic rings. The van der Waals surface area contributed by atoms with Gasteiger partial charge in [-0.05, 0) is 19.8 Å². The molecule has 2 saturated heterocycles. The van der Waals surface area contributed by atoms with Gasteiger partial charge in [-0.3, -0.25) is 4.79 Å². The fourth-order valence-electron chi connectivity index (χ4n) is 3.33. The van der Waals surface area contributed by atoms with Crippen molar-refractivity contribution in [3.8, 4) is 0 Å². The quantitative estimate of drug-likeness (QED) is 0.855. The second-order valence-corrected chi connectivity index (χ2v) is 7.50. The Bertz CT molecular complexity index is 600. The van der Waals surface area contributed by atoms with Crippen molar-refractivity contribution in [1.82, 2.24) is 20.1 Å². The van der Waals surface area contributed by atoms with Gasteiger partial charge in [-0.25, -0.2) is 9.78 Å². The van der Waals surface area contributed by atoms with Gasteiger partial charge in [0.05, 0.1) is 30.5 Å². The van der Waals surface area contributed by atoms with Crippen LogP contribution in [0, 0.1) is 6.92 Å². The van der Waals surface area contributed by atoms with Gasteiger partial charge in [-0.15, -0.1) is 11.3 Å². The van der Waals surface area contributed by atoms with Gasteiger partial charge in [0.25, 0.3) is 0 Å². The van der Waals surface area contributed by atoms with Crippen LogP contribution >= 0.6 is 11.3 Å². The zero-order valence-corrected chi connectivity index (χ0v) is 15.5. The number of likely N-dealkylation sites (tertiary alicyclic amines) is 1. The maximum Gasteiger partial charge on any atom is 0.320 e. The largest absolute Gasteiger partial charge is 0.377 e. The molecule has 0 bridgehead atoms. The van der Waals surface area contributed by atoms with E-state index in [9.17, 15) is 9.59 Å². The Balaban J connectivity index is 1.48. The lowest BCUT2D eigenvalue weighted by Crippen LogP contribution is -2.54. The Morgan fingerprint density at radius 3 is 2.88 bits per heavy atom. The van der Waals surface area contributed by atoms with Crippen molar-refractivity contribution in [3.05, 3.63) is 16.1 Å². The second-order valence-electron chi connectivity index (χ2n) is 6.56. The molecule has 25 heavy (non-hydrogen) atoms. The Labute approximate surface area is 152 Å². The van der Waals surface area contributed by atoms with Crippen LogP contribution in [-0.4, -0.2) is 72.2 Å². The van der Waals surface area contributed by atoms with Crippen molar-refractivity contribution in [1.29, 1.82) is 0 Å². The van der Waals surface area contributed by atoms with E-state index in [1.165, 1.54) is 4.88 Å². The zero-order valence-electron chi connectivity index (χ0n) is 14.7. The molecule has 3 heterocycles. The highest BCUT2D eigenvalue weighted by Gasteiger charge is 2.32. The smallest absolute Gasteiger partial charge is 0.320 e. The fraction of sp³-hybridized carbons (Fsp3) is 0.706. The number of hydrogen-bond acceptors (Lipinski definition) is 5. The summed E-state index contributed by atoms with van der Waals surface area (Å²) < 4.78 is 5.51. The van der Waals surface area contributed by atoms with Crippen LogP contribution in [-0.2, 0) is 16.0 Å². The molecule has 0 saturated carbocycles. The Kier molecular flexibility index (Phi) is 6.25. The average Bonchev–Trinajstić information content (AvgIpc) is 3.27. The second kappa shape index (κ2) is 8.62. The number of rotatable bonds is 5. The average molecular weight is 366 g/mol. The topological polar surface area (TPSA) is 74.8 Å². The Hall–Kier alpha value is -1.67. The minimum Gasteiger partial charge on any atom is -0.377 e. The molecule has 3 amide bonds. The Morgan fingerprint density at radius 2 is 2.16 bits per heavy atom. The first-order valence-electron chi connectivity index (χ1n) is 8.94. The molecule has 0 aliphatic carbocycles. The number of ether oxygens (including phenoxy) is 1. The summed E-state index contributed by atoms with van der Waals surface area (Å²) in [5.41, 5.74) is 2.86. The summed E-state index contributed by atoms with van der Waals surface area (Å²) in [5, 5.41) is 2.96. The summed E-state index contributed by atoms with van der Waals surface area (Å²) in [5.74, 6) is -0.0307. The highest BCUT2D eigenvalue weighted by atomic mass is 32.1. The van der Waals surface area contributed by atoms with Crippen LogP contribution in [0.3, 0.4) is 0 Å². The zero-order chi connectivity index (χ0) is 17.6. The molecule has 0 unspecified atom stereocenters. The molecular formula is C17H26N4O3S. The van der Waals surface area contributed by atoms with E-state index in [-0.39, 0.29) is 18.0 Å². The fourth-order valence-corrected chi connectivity index (χ4v) is 4.11. The van der Waals surface area contributed by atoms with Crippen LogP contribution in [0.25, 0.3) is 0 Å². The number of hydrogen-bond donors (Lipinski definition) is 1. The number of amides is 3. The predicted octanol–water partition coefficient (Wildman–Crippen LogP) is 1.42. The number of aromatic nitrogens is 1. The molecule has 1 atom stereocenters. The lowest BCUT2D eigenvalue weighted by Gasteiger charge is -2.37. The van der Waals surface area contributed by atoms with Crippen LogP contribution in [0.1, 0.15) is 29.8 Å². The minimum atomic E-state index is -0.174. The van der Waals surface area contributed by atoms with E-state index in [1.807, 2.05) is 22.2 Å². The highest BCUT2D eigenvalue weighted by Crippen LogP contribution is 2.17. The van der Waals surface area contributed by atoms with Crippen molar-refractivity contribution in [2.75, 3.05) is 39.4 Å². The number of morpholine rings is 1. The number of nitrogens with one attached hydrogen (secondary N) is 1. The van der Waals surface area contributed by atoms with E-state index in [1.54, 1.807) is 11.3 Å². The molecule has 1 aromatic heterocycles. The summed E-state index contributed by atoms with van der Waals surface area (Å²) in [4.78, 5) is 34.1. The normalized spacial score (nSPS) is 20.8. The molecule has 138 valence electrons. The van der Waals surface area contributed by atoms with Gasteiger partial charge < -0.3 is 19.9 Å². The maximum absolute atomic E-state index is 12.7. The van der Waals surface area contributed by atoms with Crippen molar-refractivity contribution in [3.63, 3.8) is 0 Å². The van der Waals surface area contributed by atoms with Crippen LogP contribution in [0.15, 0.2) is 5.51 Å². The number of thiazole rings is 1. The van der Waals surface area contributed by atoms with Crippen LogP contribution < -0.4 is 5.32 Å². The molecule has 1 aromatic rings. The highest BCUT2D eigenvalue weighted by molar-refractivity contribution is 7.09. The van der Waals surface area contributed by atoms with Gasteiger partial charge in [-0.2, -0.15) is 0 Å². The summed E-state index contributed by atoms with van der Waals surface area (Å²) >= 11 is 1.61. The summed E-state index contributed by atoms with van der Waals surface area (Å²) in [6.07, 6.45) is 3.22. The van der Waals surface area contributed by atoms with Crippen molar-refractivity contribution < 1.29 is 14.3 Å². The van der Waals surface area contributed by atoms with Crippen LogP contribution in [0.2, 0.25) is 0 Å². The van der Waals surface area contributed by atoms with E-state index in [0.29, 0.717) is 32.7 Å². The lowest BCUT2D eigenvalue weighted by atomic mass is 10.1. The van der Waals surface area contributed by atoms with Crippen molar-refractivity contribution >= 4 is 23.3 Å². The predicted molar refractivity (Wildman–Crippen MR) is 95.7 cm³/mol. The molecule has 8 heteroatoms. The van der Waals surface area contributed by atoms with Crippen LogP contribution in [0.4, 0.5) is 4.79 Å². The van der Waals surface area contributed by atoms with Gasteiger partial charge >= 0.3 is 6.03 Å². The third-order valence-electron chi connectivity index (χ3n) is 4.79. The Morgan fingerprint density at radius 1 is 1.36 bits per heavy atom. The first kappa shape index (κ1) is 18.1. The molecule has 2 fully saturated rings. The number of carbonyl (C=O) groups is 2. The van der Waals surface area contributed by atoms with E-state index < -0.39 is 0 Å². The third-order valence-corrected chi connectivity index (χ3v) is 5.78. The van der Waals surface area contributed by atoms with Gasteiger partial charge in [-0.1, -0.05) is 0 Å². The minimum absolute atomic E-state index is 0.0307. The van der Waals surface area contributed by atoms with E-state index >= 15 is 0 Å². The van der Waals surface area contributed by atoms with Crippen molar-refractivity contribution in [2.45, 2.75) is 38.6 Å². The molecule has 0 radical (unpaired) electrons. The summed E-state index contributed by atoms with van der Waals surface area (Å²) in [6.45, 7) is 5.76. The first-order chi connectivity index (χ1) is 12.1. The molecule has 0 spiro atoms. The third kappa shape index (κ3) is 4.70. The van der Waals surface area contributed by atoms with Crippen molar-refractivity contribution in [2.24, 2.45) is 0 Å².